The van der Waals surface area contributed by atoms with Gasteiger partial charge in [-0.05, 0) is 23.8 Å². The summed E-state index contributed by atoms with van der Waals surface area (Å²) < 4.78 is 5.43. The number of ether oxygens (including phenoxy) is 1. The van der Waals surface area contributed by atoms with Crippen LogP contribution in [0.15, 0.2) is 60.8 Å². The largest absolute Gasteiger partial charge is 0.445 e. The number of hydrogen-bond donors (Lipinski definition) is 1. The molecule has 1 amide bonds. The van der Waals surface area contributed by atoms with Gasteiger partial charge in [-0.15, -0.1) is 0 Å². The van der Waals surface area contributed by atoms with Crippen LogP contribution in [-0.4, -0.2) is 42.2 Å². The Labute approximate surface area is 146 Å². The smallest absolute Gasteiger partial charge is 0.410 e. The van der Waals surface area contributed by atoms with Gasteiger partial charge in [0.25, 0.3) is 0 Å². The fraction of sp³-hybridized carbons (Fsp3) is 0.250. The predicted octanol–water partition coefficient (Wildman–Crippen LogP) is 3.63. The number of nitrogens with zero attached hydrogens (tertiary/aromatic N) is 2. The fourth-order valence-corrected chi connectivity index (χ4v) is 3.29. The lowest BCUT2D eigenvalue weighted by atomic mass is 10.2. The molecule has 1 saturated heterocycles. The highest BCUT2D eigenvalue weighted by molar-refractivity contribution is 5.92. The molecule has 1 fully saturated rings. The summed E-state index contributed by atoms with van der Waals surface area (Å²) >= 11 is 0. The van der Waals surface area contributed by atoms with E-state index >= 15 is 0 Å². The van der Waals surface area contributed by atoms with E-state index < -0.39 is 0 Å². The van der Waals surface area contributed by atoms with Crippen LogP contribution in [0.4, 0.5) is 10.5 Å². The maximum Gasteiger partial charge on any atom is 0.410 e. The number of hydrogen-bond acceptors (Lipinski definition) is 3. The van der Waals surface area contributed by atoms with Crippen LogP contribution in [0.5, 0.6) is 0 Å². The standard InChI is InChI=1S/C20H21N3O2/c24-20(25-15-16-5-2-1-3-6-16)23-13-11-22(12-14-23)19-8-4-7-18-17(19)9-10-21-18/h1-10,21H,11-15H2. The van der Waals surface area contributed by atoms with Gasteiger partial charge in [0.2, 0.25) is 0 Å². The molecule has 0 aliphatic carbocycles. The molecule has 0 radical (unpaired) electrons. The SMILES string of the molecule is O=C(OCc1ccccc1)N1CCN(c2cccc3[nH]ccc23)CC1. The lowest BCUT2D eigenvalue weighted by Gasteiger charge is -2.35. The van der Waals surface area contributed by atoms with Gasteiger partial charge in [0.15, 0.2) is 0 Å². The van der Waals surface area contributed by atoms with Crippen molar-refractivity contribution in [3.05, 3.63) is 66.4 Å². The first kappa shape index (κ1) is 15.6. The molecule has 2 aromatic carbocycles. The Hall–Kier alpha value is -2.95. The van der Waals surface area contributed by atoms with Crippen molar-refractivity contribution in [3.8, 4) is 0 Å². The number of aromatic nitrogens is 1. The topological polar surface area (TPSA) is 48.6 Å². The number of aromatic amines is 1. The molecule has 0 atom stereocenters. The minimum absolute atomic E-state index is 0.233. The number of amides is 1. The van der Waals surface area contributed by atoms with Gasteiger partial charge >= 0.3 is 6.09 Å². The van der Waals surface area contributed by atoms with Crippen molar-refractivity contribution < 1.29 is 9.53 Å². The van der Waals surface area contributed by atoms with Crippen molar-refractivity contribution in [2.75, 3.05) is 31.1 Å². The third-order valence-corrected chi connectivity index (χ3v) is 4.66. The molecule has 1 aliphatic rings. The van der Waals surface area contributed by atoms with Crippen LogP contribution in [0.1, 0.15) is 5.56 Å². The number of rotatable bonds is 3. The summed E-state index contributed by atoms with van der Waals surface area (Å²) in [4.78, 5) is 19.6. The Kier molecular flexibility index (Phi) is 4.29. The molecule has 0 spiro atoms. The lowest BCUT2D eigenvalue weighted by Crippen LogP contribution is -2.49. The van der Waals surface area contributed by atoms with Crippen LogP contribution in [0.25, 0.3) is 10.9 Å². The van der Waals surface area contributed by atoms with Crippen molar-refractivity contribution >= 4 is 22.7 Å². The van der Waals surface area contributed by atoms with Gasteiger partial charge in [-0.2, -0.15) is 0 Å². The molecule has 25 heavy (non-hydrogen) atoms. The zero-order valence-corrected chi connectivity index (χ0v) is 14.0. The maximum atomic E-state index is 12.3. The van der Waals surface area contributed by atoms with Gasteiger partial charge in [0.05, 0.1) is 0 Å². The summed E-state index contributed by atoms with van der Waals surface area (Å²) in [6.45, 7) is 3.29. The molecule has 1 N–H and O–H groups in total. The molecular formula is C20H21N3O2. The third kappa shape index (κ3) is 3.31. The lowest BCUT2D eigenvalue weighted by molar-refractivity contribution is 0.0942. The highest BCUT2D eigenvalue weighted by Crippen LogP contribution is 2.27. The van der Waals surface area contributed by atoms with E-state index in [0.29, 0.717) is 19.7 Å². The van der Waals surface area contributed by atoms with E-state index in [-0.39, 0.29) is 6.09 Å². The normalized spacial score (nSPS) is 14.7. The van der Waals surface area contributed by atoms with Crippen LogP contribution < -0.4 is 4.90 Å². The van der Waals surface area contributed by atoms with Crippen LogP contribution in [0, 0.1) is 0 Å². The van der Waals surface area contributed by atoms with Gasteiger partial charge in [0.1, 0.15) is 6.61 Å². The highest BCUT2D eigenvalue weighted by Gasteiger charge is 2.23. The van der Waals surface area contributed by atoms with E-state index in [0.717, 1.165) is 24.2 Å². The van der Waals surface area contributed by atoms with Crippen LogP contribution >= 0.6 is 0 Å². The van der Waals surface area contributed by atoms with Crippen molar-refractivity contribution in [3.63, 3.8) is 0 Å². The molecule has 128 valence electrons. The summed E-state index contributed by atoms with van der Waals surface area (Å²) in [5.74, 6) is 0. The minimum Gasteiger partial charge on any atom is -0.445 e. The van der Waals surface area contributed by atoms with Gasteiger partial charge in [-0.1, -0.05) is 36.4 Å². The summed E-state index contributed by atoms with van der Waals surface area (Å²) in [6, 6.07) is 18.2. The number of H-pyrrole nitrogens is 1. The molecule has 1 aliphatic heterocycles. The van der Waals surface area contributed by atoms with Gasteiger partial charge in [-0.25, -0.2) is 4.79 Å². The van der Waals surface area contributed by atoms with E-state index in [1.54, 1.807) is 4.90 Å². The van der Waals surface area contributed by atoms with Crippen LogP contribution in [-0.2, 0) is 11.3 Å². The number of benzene rings is 2. The number of piperazine rings is 1. The monoisotopic (exact) mass is 335 g/mol. The van der Waals surface area contributed by atoms with E-state index in [1.165, 1.54) is 11.1 Å². The zero-order valence-electron chi connectivity index (χ0n) is 14.0. The number of anilines is 1. The molecule has 5 nitrogen and oxygen atoms in total. The van der Waals surface area contributed by atoms with Crippen molar-refractivity contribution in [1.82, 2.24) is 9.88 Å². The summed E-state index contributed by atoms with van der Waals surface area (Å²) in [5, 5.41) is 1.22. The van der Waals surface area contributed by atoms with E-state index in [1.807, 2.05) is 36.5 Å². The molecule has 0 bridgehead atoms. The van der Waals surface area contributed by atoms with Crippen LogP contribution in [0.2, 0.25) is 0 Å². The molecule has 5 heteroatoms. The second kappa shape index (κ2) is 6.89. The molecule has 4 rings (SSSR count). The third-order valence-electron chi connectivity index (χ3n) is 4.66. The van der Waals surface area contributed by atoms with E-state index in [9.17, 15) is 4.79 Å². The Morgan fingerprint density at radius 3 is 2.56 bits per heavy atom. The fourth-order valence-electron chi connectivity index (χ4n) is 3.29. The maximum absolute atomic E-state index is 12.3. The molecule has 2 heterocycles. The first-order chi connectivity index (χ1) is 12.3. The molecular weight excluding hydrogens is 314 g/mol. The summed E-state index contributed by atoms with van der Waals surface area (Å²) in [7, 11) is 0. The first-order valence-electron chi connectivity index (χ1n) is 8.58. The van der Waals surface area contributed by atoms with Gasteiger partial charge in [-0.3, -0.25) is 0 Å². The second-order valence-corrected chi connectivity index (χ2v) is 6.23. The Morgan fingerprint density at radius 2 is 1.76 bits per heavy atom. The Balaban J connectivity index is 1.35. The van der Waals surface area contributed by atoms with Gasteiger partial charge < -0.3 is 19.5 Å². The predicted molar refractivity (Wildman–Crippen MR) is 98.7 cm³/mol. The van der Waals surface area contributed by atoms with E-state index in [4.69, 9.17) is 4.74 Å². The molecule has 1 aromatic heterocycles. The highest BCUT2D eigenvalue weighted by atomic mass is 16.6. The zero-order chi connectivity index (χ0) is 17.1. The van der Waals surface area contributed by atoms with Crippen molar-refractivity contribution in [1.29, 1.82) is 0 Å². The van der Waals surface area contributed by atoms with E-state index in [2.05, 4.69) is 34.1 Å². The summed E-state index contributed by atoms with van der Waals surface area (Å²) in [5.41, 5.74) is 3.37. The average Bonchev–Trinajstić information content (AvgIpc) is 3.16. The second-order valence-electron chi connectivity index (χ2n) is 6.23. The van der Waals surface area contributed by atoms with Crippen LogP contribution in [0.3, 0.4) is 0 Å². The quantitative estimate of drug-likeness (QED) is 0.795. The van der Waals surface area contributed by atoms with Gasteiger partial charge in [0, 0.05) is 49.0 Å². The number of carbonyl (C=O) groups is 1. The summed E-state index contributed by atoms with van der Waals surface area (Å²) in [6.07, 6.45) is 1.73. The number of carbonyl (C=O) groups excluding carboxylic acids is 1. The number of nitrogens with one attached hydrogen (secondary N) is 1. The van der Waals surface area contributed by atoms with Crippen molar-refractivity contribution in [2.45, 2.75) is 6.61 Å². The molecule has 3 aromatic rings. The molecule has 0 saturated carbocycles. The first-order valence-corrected chi connectivity index (χ1v) is 8.58. The Morgan fingerprint density at radius 1 is 0.960 bits per heavy atom. The minimum atomic E-state index is -0.233. The average molecular weight is 335 g/mol. The number of fused-ring (bicyclic) bond motifs is 1. The molecule has 0 unspecified atom stereocenters. The Bertz CT molecular complexity index is 852. The van der Waals surface area contributed by atoms with Crippen molar-refractivity contribution in [2.24, 2.45) is 0 Å².